The third-order valence-corrected chi connectivity index (χ3v) is 6.55. The van der Waals surface area contributed by atoms with Crippen molar-refractivity contribution in [1.82, 2.24) is 29.6 Å². The summed E-state index contributed by atoms with van der Waals surface area (Å²) < 4.78 is 7.05. The monoisotopic (exact) mass is 434 g/mol. The summed E-state index contributed by atoms with van der Waals surface area (Å²) in [5.41, 5.74) is 3.73. The van der Waals surface area contributed by atoms with Crippen molar-refractivity contribution in [3.8, 4) is 5.82 Å². The van der Waals surface area contributed by atoms with Crippen LogP contribution in [0.2, 0.25) is 0 Å². The van der Waals surface area contributed by atoms with E-state index in [2.05, 4.69) is 53.4 Å². The Hall–Kier alpha value is -3.04. The minimum absolute atomic E-state index is 0. The Balaban J connectivity index is 0.00000228. The molecular formula is C23H30N8O. The van der Waals surface area contributed by atoms with Crippen molar-refractivity contribution in [2.75, 3.05) is 49.6 Å². The number of anilines is 3. The lowest BCUT2D eigenvalue weighted by molar-refractivity contribution is -0.0660. The molecule has 1 aromatic carbocycles. The van der Waals surface area contributed by atoms with Gasteiger partial charge in [0, 0.05) is 51.2 Å². The predicted molar refractivity (Wildman–Crippen MR) is 124 cm³/mol. The van der Waals surface area contributed by atoms with Crippen LogP contribution in [0.15, 0.2) is 36.8 Å². The average molecular weight is 435 g/mol. The molecule has 0 atom stereocenters. The zero-order chi connectivity index (χ0) is 21.5. The molecule has 0 bridgehead atoms. The van der Waals surface area contributed by atoms with Crippen LogP contribution in [0.5, 0.6) is 0 Å². The average Bonchev–Trinajstić information content (AvgIpc) is 3.52. The van der Waals surface area contributed by atoms with Gasteiger partial charge in [-0.2, -0.15) is 4.98 Å². The Bertz CT molecular complexity index is 1110. The zero-order valence-electron chi connectivity index (χ0n) is 18.3. The van der Waals surface area contributed by atoms with Crippen molar-refractivity contribution in [3.05, 3.63) is 48.2 Å². The normalized spacial score (nSPS) is 19.7. The summed E-state index contributed by atoms with van der Waals surface area (Å²) in [5, 5.41) is 7.98. The molecule has 2 aromatic heterocycles. The van der Waals surface area contributed by atoms with Crippen molar-refractivity contribution in [3.63, 3.8) is 0 Å². The number of hydrogen-bond donors (Lipinski definition) is 1. The van der Waals surface area contributed by atoms with E-state index in [0.29, 0.717) is 29.6 Å². The Morgan fingerprint density at radius 3 is 2.62 bits per heavy atom. The molecule has 3 aromatic rings. The van der Waals surface area contributed by atoms with Gasteiger partial charge in [-0.1, -0.05) is 0 Å². The molecule has 9 heteroatoms. The number of nitrogens with one attached hydrogen (secondary N) is 1. The van der Waals surface area contributed by atoms with Crippen LogP contribution < -0.4 is 10.2 Å². The second kappa shape index (κ2) is 8.14. The van der Waals surface area contributed by atoms with Crippen LogP contribution in [0.25, 0.3) is 5.82 Å². The Morgan fingerprint density at radius 2 is 1.91 bits per heavy atom. The van der Waals surface area contributed by atoms with Crippen LogP contribution in [-0.4, -0.2) is 75.1 Å². The molecule has 6 rings (SSSR count). The maximum atomic E-state index is 5.37. The molecule has 3 aliphatic rings. The van der Waals surface area contributed by atoms with Crippen LogP contribution in [0, 0.1) is 6.92 Å². The summed E-state index contributed by atoms with van der Waals surface area (Å²) >= 11 is 0. The number of rotatable bonds is 6. The van der Waals surface area contributed by atoms with Gasteiger partial charge in [0.25, 0.3) is 0 Å². The highest BCUT2D eigenvalue weighted by atomic mass is 16.5. The maximum Gasteiger partial charge on any atom is 0.247 e. The highest BCUT2D eigenvalue weighted by Gasteiger charge is 2.30. The molecule has 4 heterocycles. The Kier molecular flexibility index (Phi) is 4.99. The third kappa shape index (κ3) is 4.05. The number of ether oxygens (including phenoxy) is 1. The van der Waals surface area contributed by atoms with E-state index in [4.69, 9.17) is 4.74 Å². The second-order valence-electron chi connectivity index (χ2n) is 8.90. The molecule has 32 heavy (non-hydrogen) atoms. The van der Waals surface area contributed by atoms with Crippen LogP contribution in [-0.2, 0) is 4.74 Å². The molecule has 1 saturated carbocycles. The van der Waals surface area contributed by atoms with E-state index in [1.807, 2.05) is 13.0 Å². The maximum absolute atomic E-state index is 5.37. The number of aryl methyl sites for hydroxylation is 1. The topological polar surface area (TPSA) is 84.2 Å². The first-order valence-corrected chi connectivity index (χ1v) is 11.4. The summed E-state index contributed by atoms with van der Waals surface area (Å²) in [5.74, 6) is 2.66. The second-order valence-corrected chi connectivity index (χ2v) is 8.90. The van der Waals surface area contributed by atoms with E-state index >= 15 is 0 Å². The van der Waals surface area contributed by atoms with Crippen molar-refractivity contribution >= 4 is 17.3 Å². The van der Waals surface area contributed by atoms with Gasteiger partial charge in [0.15, 0.2) is 5.82 Å². The highest BCUT2D eigenvalue weighted by molar-refractivity contribution is 5.65. The molecule has 1 aliphatic carbocycles. The lowest BCUT2D eigenvalue weighted by Crippen LogP contribution is -2.56. The number of aromatic nitrogens is 5. The quantitative estimate of drug-likeness (QED) is 0.634. The summed E-state index contributed by atoms with van der Waals surface area (Å²) in [4.78, 5) is 18.1. The standard InChI is InChI=1S/C23H28N8O.H2/c1-16-24-5-4-22(26-16)31-15-25-23(28-31)27-19-10-18(17-2-3-17)11-20(12-19)29-6-8-30(9-7-29)21-13-32-14-21;/h4-5,10-12,15,17,21H,2-3,6-9,13-14H2,1H3,(H,27,28);1H. The molecule has 3 fully saturated rings. The van der Waals surface area contributed by atoms with Gasteiger partial charge in [0.1, 0.15) is 12.2 Å². The van der Waals surface area contributed by atoms with E-state index in [-0.39, 0.29) is 1.43 Å². The molecule has 0 radical (unpaired) electrons. The van der Waals surface area contributed by atoms with Crippen LogP contribution in [0.4, 0.5) is 17.3 Å². The van der Waals surface area contributed by atoms with Crippen molar-refractivity contribution in [2.45, 2.75) is 31.7 Å². The van der Waals surface area contributed by atoms with Gasteiger partial charge in [-0.15, -0.1) is 5.10 Å². The zero-order valence-corrected chi connectivity index (χ0v) is 18.3. The lowest BCUT2D eigenvalue weighted by atomic mass is 10.1. The minimum Gasteiger partial charge on any atom is -0.378 e. The number of benzene rings is 1. The molecule has 9 nitrogen and oxygen atoms in total. The van der Waals surface area contributed by atoms with E-state index in [1.54, 1.807) is 17.2 Å². The molecule has 168 valence electrons. The molecule has 0 amide bonds. The number of piperazine rings is 1. The van der Waals surface area contributed by atoms with Crippen molar-refractivity contribution < 1.29 is 6.16 Å². The first kappa shape index (κ1) is 19.6. The molecule has 2 aliphatic heterocycles. The predicted octanol–water partition coefficient (Wildman–Crippen LogP) is 2.75. The van der Waals surface area contributed by atoms with Gasteiger partial charge in [-0.25, -0.2) is 14.6 Å². The number of hydrogen-bond acceptors (Lipinski definition) is 8. The van der Waals surface area contributed by atoms with Crippen LogP contribution >= 0.6 is 0 Å². The van der Waals surface area contributed by atoms with Gasteiger partial charge in [-0.3, -0.25) is 4.90 Å². The highest BCUT2D eigenvalue weighted by Crippen LogP contribution is 2.42. The van der Waals surface area contributed by atoms with E-state index in [9.17, 15) is 0 Å². The molecule has 0 spiro atoms. The molecular weight excluding hydrogens is 404 g/mol. The summed E-state index contributed by atoms with van der Waals surface area (Å²) in [6, 6.07) is 9.29. The fourth-order valence-electron chi connectivity index (χ4n) is 4.45. The van der Waals surface area contributed by atoms with Crippen molar-refractivity contribution in [1.29, 1.82) is 0 Å². The molecule has 2 saturated heterocycles. The van der Waals surface area contributed by atoms with E-state index in [1.165, 1.54) is 24.1 Å². The van der Waals surface area contributed by atoms with Crippen LogP contribution in [0.1, 0.15) is 31.6 Å². The third-order valence-electron chi connectivity index (χ3n) is 6.55. The van der Waals surface area contributed by atoms with Crippen molar-refractivity contribution in [2.24, 2.45) is 0 Å². The van der Waals surface area contributed by atoms with Gasteiger partial charge in [0.2, 0.25) is 5.95 Å². The number of nitrogens with zero attached hydrogens (tertiary/aromatic N) is 7. The SMILES string of the molecule is Cc1nccc(-n2cnc(Nc3cc(C4CC4)cc(N4CCN(C5COC5)CC4)c3)n2)n1.[HH]. The smallest absolute Gasteiger partial charge is 0.247 e. The van der Waals surface area contributed by atoms with E-state index < -0.39 is 0 Å². The Labute approximate surface area is 188 Å². The lowest BCUT2D eigenvalue weighted by Gasteiger charge is -2.43. The first-order chi connectivity index (χ1) is 15.7. The van der Waals surface area contributed by atoms with Crippen LogP contribution in [0.3, 0.4) is 0 Å². The molecule has 1 N–H and O–H groups in total. The summed E-state index contributed by atoms with van der Waals surface area (Å²) in [6.45, 7) is 7.92. The Morgan fingerprint density at radius 1 is 1.06 bits per heavy atom. The van der Waals surface area contributed by atoms with Gasteiger partial charge < -0.3 is 15.0 Å². The largest absolute Gasteiger partial charge is 0.378 e. The molecule has 0 unspecified atom stereocenters. The van der Waals surface area contributed by atoms with Gasteiger partial charge in [0.05, 0.1) is 19.3 Å². The summed E-state index contributed by atoms with van der Waals surface area (Å²) in [7, 11) is 0. The van der Waals surface area contributed by atoms with Gasteiger partial charge in [-0.05, 0) is 49.4 Å². The minimum atomic E-state index is 0. The summed E-state index contributed by atoms with van der Waals surface area (Å²) in [6.07, 6.45) is 5.96. The fraction of sp³-hybridized carbons (Fsp3) is 0.478. The first-order valence-electron chi connectivity index (χ1n) is 11.4. The van der Waals surface area contributed by atoms with Gasteiger partial charge >= 0.3 is 0 Å². The van der Waals surface area contributed by atoms with E-state index in [0.717, 1.165) is 45.1 Å². The fourth-order valence-corrected chi connectivity index (χ4v) is 4.45.